The van der Waals surface area contributed by atoms with Gasteiger partial charge in [-0.05, 0) is 37.6 Å². The van der Waals surface area contributed by atoms with Gasteiger partial charge in [-0.2, -0.15) is 8.42 Å². The molecule has 0 radical (unpaired) electrons. The molecule has 0 aliphatic carbocycles. The van der Waals surface area contributed by atoms with Gasteiger partial charge >= 0.3 is 0 Å². The summed E-state index contributed by atoms with van der Waals surface area (Å²) in [5, 5.41) is 0.0534. The highest BCUT2D eigenvalue weighted by atomic mass is 79.9. The normalized spacial score (nSPS) is 11.5. The van der Waals surface area contributed by atoms with Crippen LogP contribution in [0.1, 0.15) is 11.4 Å². The average Bonchev–Trinajstić information content (AvgIpc) is 2.62. The summed E-state index contributed by atoms with van der Waals surface area (Å²) in [7, 11) is -3.61. The molecule has 0 unspecified atom stereocenters. The maximum absolute atomic E-state index is 12.0. The minimum atomic E-state index is -3.61. The molecule has 2 N–H and O–H groups in total. The van der Waals surface area contributed by atoms with Crippen molar-refractivity contribution in [1.82, 2.24) is 9.97 Å². The number of hydrogen-bond donors (Lipinski definition) is 2. The number of halogens is 1. The van der Waals surface area contributed by atoms with Crippen LogP contribution in [0.5, 0.6) is 0 Å². The summed E-state index contributed by atoms with van der Waals surface area (Å²) >= 11 is 3.33. The molecule has 18 heavy (non-hydrogen) atoms. The standard InChI is InChI=1S/C11H12BrN3O2S/c1-7-3-9(12)5-10(4-7)15-18(16,17)11-6-13-8(2)14-11/h3-6,15H,1-2H3,(H,13,14). The third kappa shape index (κ3) is 2.91. The van der Waals surface area contributed by atoms with Crippen molar-refractivity contribution in [1.29, 1.82) is 0 Å². The highest BCUT2D eigenvalue weighted by molar-refractivity contribution is 9.10. The van der Waals surface area contributed by atoms with Gasteiger partial charge < -0.3 is 4.98 Å². The second kappa shape index (κ2) is 4.74. The zero-order valence-corrected chi connectivity index (χ0v) is 12.3. The molecule has 0 saturated carbocycles. The lowest BCUT2D eigenvalue weighted by molar-refractivity contribution is 0.598. The Labute approximate surface area is 114 Å². The lowest BCUT2D eigenvalue weighted by Gasteiger charge is -2.07. The second-order valence-electron chi connectivity index (χ2n) is 3.96. The molecule has 1 aromatic heterocycles. The Morgan fingerprint density at radius 1 is 1.28 bits per heavy atom. The quantitative estimate of drug-likeness (QED) is 0.908. The van der Waals surface area contributed by atoms with Gasteiger partial charge in [-0.1, -0.05) is 15.9 Å². The summed E-state index contributed by atoms with van der Waals surface area (Å²) in [5.41, 5.74) is 1.47. The van der Waals surface area contributed by atoms with Gasteiger partial charge in [0.2, 0.25) is 0 Å². The molecule has 0 amide bonds. The summed E-state index contributed by atoms with van der Waals surface area (Å²) in [4.78, 5) is 6.57. The third-order valence-corrected chi connectivity index (χ3v) is 4.01. The van der Waals surface area contributed by atoms with Crippen LogP contribution < -0.4 is 4.72 Å². The first-order valence-corrected chi connectivity index (χ1v) is 7.46. The van der Waals surface area contributed by atoms with Gasteiger partial charge in [0.05, 0.1) is 11.9 Å². The first kappa shape index (κ1) is 13.1. The fourth-order valence-corrected chi connectivity index (χ4v) is 3.16. The predicted molar refractivity (Wildman–Crippen MR) is 73.0 cm³/mol. The molecule has 2 rings (SSSR count). The van der Waals surface area contributed by atoms with Crippen molar-refractivity contribution in [3.05, 3.63) is 40.3 Å². The Morgan fingerprint density at radius 3 is 2.56 bits per heavy atom. The number of nitrogens with one attached hydrogen (secondary N) is 2. The second-order valence-corrected chi connectivity index (χ2v) is 6.52. The molecule has 0 saturated heterocycles. The lowest BCUT2D eigenvalue weighted by atomic mass is 10.2. The van der Waals surface area contributed by atoms with Crippen LogP contribution in [-0.2, 0) is 10.0 Å². The zero-order chi connectivity index (χ0) is 13.3. The molecular weight excluding hydrogens is 318 g/mol. The Balaban J connectivity index is 2.33. The summed E-state index contributed by atoms with van der Waals surface area (Å²) < 4.78 is 27.4. The summed E-state index contributed by atoms with van der Waals surface area (Å²) in [6.45, 7) is 3.59. The van der Waals surface area contributed by atoms with E-state index in [2.05, 4.69) is 30.6 Å². The zero-order valence-electron chi connectivity index (χ0n) is 9.86. The first-order chi connectivity index (χ1) is 8.37. The maximum atomic E-state index is 12.0. The van der Waals surface area contributed by atoms with E-state index in [1.165, 1.54) is 6.20 Å². The van der Waals surface area contributed by atoms with Crippen LogP contribution >= 0.6 is 15.9 Å². The van der Waals surface area contributed by atoms with Crippen molar-refractivity contribution in [3.63, 3.8) is 0 Å². The number of aryl methyl sites for hydroxylation is 2. The van der Waals surface area contributed by atoms with Gasteiger partial charge in [-0.15, -0.1) is 0 Å². The number of hydrogen-bond acceptors (Lipinski definition) is 3. The van der Waals surface area contributed by atoms with E-state index in [9.17, 15) is 8.42 Å². The van der Waals surface area contributed by atoms with Crippen LogP contribution in [0.15, 0.2) is 33.9 Å². The number of imidazole rings is 1. The molecule has 0 aliphatic heterocycles. The number of nitrogens with zero attached hydrogens (tertiary/aromatic N) is 1. The highest BCUT2D eigenvalue weighted by Gasteiger charge is 2.16. The lowest BCUT2D eigenvalue weighted by Crippen LogP contribution is -2.13. The van der Waals surface area contributed by atoms with E-state index in [-0.39, 0.29) is 5.03 Å². The molecule has 1 aromatic carbocycles. The Bertz CT molecular complexity index is 659. The van der Waals surface area contributed by atoms with Crippen molar-refractivity contribution >= 4 is 31.6 Å². The Kier molecular flexibility index (Phi) is 3.45. The van der Waals surface area contributed by atoms with Gasteiger partial charge in [0.25, 0.3) is 10.0 Å². The van der Waals surface area contributed by atoms with Gasteiger partial charge in [0.15, 0.2) is 5.03 Å². The van der Waals surface area contributed by atoms with Gasteiger partial charge in [-0.25, -0.2) is 4.98 Å². The minimum absolute atomic E-state index is 0.0534. The molecule has 0 aliphatic rings. The number of aromatic nitrogens is 2. The van der Waals surface area contributed by atoms with Crippen molar-refractivity contribution in [2.45, 2.75) is 18.9 Å². The van der Waals surface area contributed by atoms with Crippen LogP contribution in [0, 0.1) is 13.8 Å². The van der Waals surface area contributed by atoms with Crippen LogP contribution in [0.4, 0.5) is 5.69 Å². The van der Waals surface area contributed by atoms with Gasteiger partial charge in [0.1, 0.15) is 5.82 Å². The van der Waals surface area contributed by atoms with Crippen molar-refractivity contribution in [2.24, 2.45) is 0 Å². The fourth-order valence-electron chi connectivity index (χ4n) is 1.54. The number of aromatic amines is 1. The van der Waals surface area contributed by atoms with E-state index >= 15 is 0 Å². The van der Waals surface area contributed by atoms with Crippen molar-refractivity contribution in [2.75, 3.05) is 4.72 Å². The van der Waals surface area contributed by atoms with Gasteiger partial charge in [0, 0.05) is 4.47 Å². The predicted octanol–water partition coefficient (Wildman–Crippen LogP) is 2.59. The fraction of sp³-hybridized carbons (Fsp3) is 0.182. The van der Waals surface area contributed by atoms with E-state index in [4.69, 9.17) is 0 Å². The van der Waals surface area contributed by atoms with Crippen LogP contribution in [0.2, 0.25) is 0 Å². The van der Waals surface area contributed by atoms with Crippen LogP contribution in [-0.4, -0.2) is 18.4 Å². The third-order valence-electron chi connectivity index (χ3n) is 2.26. The smallest absolute Gasteiger partial charge is 0.278 e. The highest BCUT2D eigenvalue weighted by Crippen LogP contribution is 2.21. The number of anilines is 1. The summed E-state index contributed by atoms with van der Waals surface area (Å²) in [6, 6.07) is 5.36. The van der Waals surface area contributed by atoms with E-state index in [0.29, 0.717) is 11.5 Å². The maximum Gasteiger partial charge on any atom is 0.278 e. The number of sulfonamides is 1. The summed E-state index contributed by atoms with van der Waals surface area (Å²) in [6.07, 6.45) is 1.29. The minimum Gasteiger partial charge on any atom is -0.332 e. The molecular formula is C11H12BrN3O2S. The number of benzene rings is 1. The molecule has 0 bridgehead atoms. The van der Waals surface area contributed by atoms with E-state index in [0.717, 1.165) is 10.0 Å². The first-order valence-electron chi connectivity index (χ1n) is 5.18. The van der Waals surface area contributed by atoms with E-state index < -0.39 is 10.0 Å². The Hall–Kier alpha value is -1.34. The van der Waals surface area contributed by atoms with Crippen LogP contribution in [0.25, 0.3) is 0 Å². The van der Waals surface area contributed by atoms with E-state index in [1.807, 2.05) is 13.0 Å². The largest absolute Gasteiger partial charge is 0.332 e. The number of H-pyrrole nitrogens is 1. The molecule has 2 aromatic rings. The van der Waals surface area contributed by atoms with Gasteiger partial charge in [-0.3, -0.25) is 4.72 Å². The molecule has 96 valence electrons. The molecule has 0 fully saturated rings. The SMILES string of the molecule is Cc1cc(Br)cc(NS(=O)(=O)c2cnc(C)[nH]2)c1. The van der Waals surface area contributed by atoms with Crippen molar-refractivity contribution < 1.29 is 8.42 Å². The van der Waals surface area contributed by atoms with Crippen molar-refractivity contribution in [3.8, 4) is 0 Å². The monoisotopic (exact) mass is 329 g/mol. The average molecular weight is 330 g/mol. The summed E-state index contributed by atoms with van der Waals surface area (Å²) in [5.74, 6) is 0.556. The molecule has 1 heterocycles. The molecule has 0 spiro atoms. The van der Waals surface area contributed by atoms with Crippen LogP contribution in [0.3, 0.4) is 0 Å². The molecule has 5 nitrogen and oxygen atoms in total. The van der Waals surface area contributed by atoms with E-state index in [1.54, 1.807) is 19.1 Å². The topological polar surface area (TPSA) is 74.8 Å². The number of rotatable bonds is 3. The molecule has 0 atom stereocenters. The molecule has 7 heteroatoms. The Morgan fingerprint density at radius 2 is 2.00 bits per heavy atom.